The average molecular weight is 519 g/mol. The highest BCUT2D eigenvalue weighted by Crippen LogP contribution is 2.34. The molecule has 1 aliphatic carbocycles. The number of hydrogen-bond acceptors (Lipinski definition) is 5. The number of amides is 3. The second-order valence-corrected chi connectivity index (χ2v) is 10.7. The number of carboxylic acids is 1. The van der Waals surface area contributed by atoms with E-state index < -0.39 is 41.3 Å². The molecule has 0 radical (unpaired) electrons. The summed E-state index contributed by atoms with van der Waals surface area (Å²) in [7, 11) is 1.51. The normalized spacial score (nSPS) is 20.4. The van der Waals surface area contributed by atoms with Crippen LogP contribution in [0.5, 0.6) is 5.75 Å². The van der Waals surface area contributed by atoms with Crippen LogP contribution in [0.2, 0.25) is 5.02 Å². The summed E-state index contributed by atoms with van der Waals surface area (Å²) in [5.41, 5.74) is 0.306. The summed E-state index contributed by atoms with van der Waals surface area (Å²) in [6, 6.07) is 2.77. The van der Waals surface area contributed by atoms with E-state index in [1.54, 1.807) is 18.2 Å². The standard InChI is InChI=1S/C25H31ClN4O6/c1-25(2)11-13(21(31)30-25)9-18(24(34)35)29-22(32)16(8-12-4-5-12)28-23(33)17-10-14-19(36-3)7-6-15(26)20(14)27-17/h6-7,10,12-13,16,18,27H,4-5,8-9,11H2,1-3H3,(H,28,33)(H,29,32)(H,30,31)(H,34,35). The Hall–Kier alpha value is -3.27. The zero-order chi connectivity index (χ0) is 26.2. The lowest BCUT2D eigenvalue weighted by Crippen LogP contribution is -2.52. The van der Waals surface area contributed by atoms with Crippen LogP contribution in [0.1, 0.15) is 56.4 Å². The van der Waals surface area contributed by atoms with Crippen LogP contribution in [-0.2, 0) is 14.4 Å². The van der Waals surface area contributed by atoms with Crippen molar-refractivity contribution in [3.05, 3.63) is 28.9 Å². The van der Waals surface area contributed by atoms with Gasteiger partial charge in [-0.25, -0.2) is 4.79 Å². The summed E-state index contributed by atoms with van der Waals surface area (Å²) < 4.78 is 5.34. The number of ether oxygens (including phenoxy) is 1. The zero-order valence-electron chi connectivity index (χ0n) is 20.4. The highest BCUT2D eigenvalue weighted by molar-refractivity contribution is 6.35. The van der Waals surface area contributed by atoms with Crippen molar-refractivity contribution in [2.24, 2.45) is 11.8 Å². The second-order valence-electron chi connectivity index (χ2n) is 10.3. The molecule has 36 heavy (non-hydrogen) atoms. The molecule has 0 bridgehead atoms. The van der Waals surface area contributed by atoms with Gasteiger partial charge in [-0.3, -0.25) is 14.4 Å². The van der Waals surface area contributed by atoms with Gasteiger partial charge < -0.3 is 30.8 Å². The number of benzene rings is 1. The Morgan fingerprint density at radius 3 is 2.50 bits per heavy atom. The molecule has 1 saturated carbocycles. The Kier molecular flexibility index (Phi) is 7.17. The predicted octanol–water partition coefficient (Wildman–Crippen LogP) is 2.60. The number of carbonyl (C=O) groups excluding carboxylic acids is 3. The first-order valence-electron chi connectivity index (χ1n) is 12.0. The number of H-pyrrole nitrogens is 1. The molecule has 3 unspecified atom stereocenters. The molecular formula is C25H31ClN4O6. The minimum absolute atomic E-state index is 0.0270. The molecule has 10 nitrogen and oxygen atoms in total. The highest BCUT2D eigenvalue weighted by atomic mass is 35.5. The maximum Gasteiger partial charge on any atom is 0.326 e. The van der Waals surface area contributed by atoms with E-state index in [-0.39, 0.29) is 23.9 Å². The van der Waals surface area contributed by atoms with Crippen molar-refractivity contribution >= 4 is 46.2 Å². The molecule has 1 aliphatic heterocycles. The summed E-state index contributed by atoms with van der Waals surface area (Å²) in [6.45, 7) is 3.74. The fraction of sp³-hybridized carbons (Fsp3) is 0.520. The summed E-state index contributed by atoms with van der Waals surface area (Å²) in [5, 5.41) is 18.9. The fourth-order valence-electron chi connectivity index (χ4n) is 4.78. The van der Waals surface area contributed by atoms with Gasteiger partial charge in [0.2, 0.25) is 11.8 Å². The molecule has 3 amide bonds. The molecule has 1 aromatic heterocycles. The molecule has 2 fully saturated rings. The smallest absolute Gasteiger partial charge is 0.326 e. The van der Waals surface area contributed by atoms with E-state index in [4.69, 9.17) is 16.3 Å². The number of fused-ring (bicyclic) bond motifs is 1. The lowest BCUT2D eigenvalue weighted by molar-refractivity contribution is -0.142. The first-order chi connectivity index (χ1) is 17.0. The molecule has 1 aromatic carbocycles. The molecule has 11 heteroatoms. The summed E-state index contributed by atoms with van der Waals surface area (Å²) >= 11 is 6.26. The van der Waals surface area contributed by atoms with Crippen molar-refractivity contribution in [1.82, 2.24) is 20.9 Å². The van der Waals surface area contributed by atoms with E-state index in [1.165, 1.54) is 7.11 Å². The zero-order valence-corrected chi connectivity index (χ0v) is 21.2. The van der Waals surface area contributed by atoms with Crippen LogP contribution in [-0.4, -0.2) is 58.5 Å². The number of carboxylic acid groups (broad SMARTS) is 1. The van der Waals surface area contributed by atoms with E-state index >= 15 is 0 Å². The highest BCUT2D eigenvalue weighted by Gasteiger charge is 2.40. The van der Waals surface area contributed by atoms with Crippen molar-refractivity contribution in [3.8, 4) is 5.75 Å². The Morgan fingerprint density at radius 1 is 1.19 bits per heavy atom. The minimum atomic E-state index is -1.25. The summed E-state index contributed by atoms with van der Waals surface area (Å²) in [5.74, 6) is -2.26. The van der Waals surface area contributed by atoms with Gasteiger partial charge >= 0.3 is 5.97 Å². The minimum Gasteiger partial charge on any atom is -0.496 e. The van der Waals surface area contributed by atoms with Gasteiger partial charge in [0.15, 0.2) is 0 Å². The molecule has 0 spiro atoms. The van der Waals surface area contributed by atoms with E-state index in [1.807, 2.05) is 13.8 Å². The molecule has 2 heterocycles. The second kappa shape index (κ2) is 10.0. The van der Waals surface area contributed by atoms with Gasteiger partial charge in [-0.1, -0.05) is 24.4 Å². The molecule has 5 N–H and O–H groups in total. The Labute approximate surface area is 213 Å². The number of nitrogens with one attached hydrogen (secondary N) is 4. The van der Waals surface area contributed by atoms with Crippen molar-refractivity contribution in [3.63, 3.8) is 0 Å². The Bertz CT molecular complexity index is 1200. The van der Waals surface area contributed by atoms with Gasteiger partial charge in [-0.15, -0.1) is 0 Å². The first kappa shape index (κ1) is 25.8. The van der Waals surface area contributed by atoms with Gasteiger partial charge in [-0.2, -0.15) is 0 Å². The third-order valence-corrected chi connectivity index (χ3v) is 7.09. The van der Waals surface area contributed by atoms with Crippen LogP contribution < -0.4 is 20.7 Å². The predicted molar refractivity (Wildman–Crippen MR) is 133 cm³/mol. The lowest BCUT2D eigenvalue weighted by Gasteiger charge is -2.22. The number of aliphatic carboxylic acids is 1. The van der Waals surface area contributed by atoms with Crippen molar-refractivity contribution < 1.29 is 29.0 Å². The van der Waals surface area contributed by atoms with Crippen LogP contribution in [0.25, 0.3) is 10.9 Å². The number of methoxy groups -OCH3 is 1. The Morgan fingerprint density at radius 2 is 1.92 bits per heavy atom. The average Bonchev–Trinajstić information content (AvgIpc) is 3.42. The van der Waals surface area contributed by atoms with Crippen LogP contribution in [0.3, 0.4) is 0 Å². The van der Waals surface area contributed by atoms with Gasteiger partial charge in [0, 0.05) is 16.8 Å². The molecule has 194 valence electrons. The van der Waals surface area contributed by atoms with E-state index in [9.17, 15) is 24.3 Å². The summed E-state index contributed by atoms with van der Waals surface area (Å²) in [6.07, 6.45) is 2.73. The van der Waals surface area contributed by atoms with Crippen molar-refractivity contribution in [2.75, 3.05) is 7.11 Å². The maximum atomic E-state index is 13.2. The van der Waals surface area contributed by atoms with E-state index in [0.717, 1.165) is 12.8 Å². The van der Waals surface area contributed by atoms with Crippen LogP contribution in [0, 0.1) is 11.8 Å². The quantitative estimate of drug-likeness (QED) is 0.326. The van der Waals surface area contributed by atoms with E-state index in [0.29, 0.717) is 34.5 Å². The number of halogens is 1. The lowest BCUT2D eigenvalue weighted by atomic mass is 9.91. The molecule has 3 atom stereocenters. The van der Waals surface area contributed by atoms with Crippen LogP contribution in [0.4, 0.5) is 0 Å². The van der Waals surface area contributed by atoms with Gasteiger partial charge in [-0.05, 0) is 57.2 Å². The van der Waals surface area contributed by atoms with Crippen molar-refractivity contribution in [1.29, 1.82) is 0 Å². The number of carbonyl (C=O) groups is 4. The van der Waals surface area contributed by atoms with Gasteiger partial charge in [0.05, 0.1) is 17.6 Å². The fourth-order valence-corrected chi connectivity index (χ4v) is 4.99. The monoisotopic (exact) mass is 518 g/mol. The van der Waals surface area contributed by atoms with Crippen LogP contribution in [0.15, 0.2) is 18.2 Å². The van der Waals surface area contributed by atoms with Crippen molar-refractivity contribution in [2.45, 2.75) is 63.6 Å². The summed E-state index contributed by atoms with van der Waals surface area (Å²) in [4.78, 5) is 53.4. The van der Waals surface area contributed by atoms with E-state index in [2.05, 4.69) is 20.9 Å². The number of aromatic nitrogens is 1. The molecule has 2 aliphatic rings. The Balaban J connectivity index is 1.48. The largest absolute Gasteiger partial charge is 0.496 e. The maximum absolute atomic E-state index is 13.2. The van der Waals surface area contributed by atoms with Gasteiger partial charge in [0.1, 0.15) is 23.5 Å². The molecule has 2 aromatic rings. The number of rotatable bonds is 10. The van der Waals surface area contributed by atoms with Crippen LogP contribution >= 0.6 is 11.6 Å². The van der Waals surface area contributed by atoms with Gasteiger partial charge in [0.25, 0.3) is 5.91 Å². The first-order valence-corrected chi connectivity index (χ1v) is 12.4. The number of hydrogen-bond donors (Lipinski definition) is 5. The SMILES string of the molecule is COc1ccc(Cl)c2[nH]c(C(=O)NC(CC3CC3)C(=O)NC(CC3CC(C)(C)NC3=O)C(=O)O)cc12. The topological polar surface area (TPSA) is 150 Å². The molecular weight excluding hydrogens is 488 g/mol. The third kappa shape index (κ3) is 5.75. The molecule has 4 rings (SSSR count). The number of aromatic amines is 1. The third-order valence-electron chi connectivity index (χ3n) is 6.78. The molecule has 1 saturated heterocycles.